The number of carbonyl (C=O) groups is 2. The van der Waals surface area contributed by atoms with Crippen LogP contribution in [-0.2, 0) is 9.59 Å². The van der Waals surface area contributed by atoms with E-state index < -0.39 is 22.9 Å². The van der Waals surface area contributed by atoms with Gasteiger partial charge in [0.25, 0.3) is 5.91 Å². The van der Waals surface area contributed by atoms with Crippen LogP contribution in [0.5, 0.6) is 11.5 Å². The van der Waals surface area contributed by atoms with Crippen LogP contribution in [0.3, 0.4) is 0 Å². The molecule has 0 unspecified atom stereocenters. The maximum atomic E-state index is 13.5. The molecule has 1 aliphatic heterocycles. The van der Waals surface area contributed by atoms with Crippen LogP contribution in [0.2, 0.25) is 10.0 Å². The summed E-state index contributed by atoms with van der Waals surface area (Å²) in [5.74, 6) is -0.234. The predicted molar refractivity (Wildman–Crippen MR) is 123 cm³/mol. The van der Waals surface area contributed by atoms with Gasteiger partial charge in [-0.15, -0.1) is 0 Å². The highest BCUT2D eigenvalue weighted by atomic mass is 35.5. The van der Waals surface area contributed by atoms with E-state index in [2.05, 4.69) is 10.6 Å². The largest absolute Gasteiger partial charge is 0.488 e. The average Bonchev–Trinajstić information content (AvgIpc) is 2.75. The van der Waals surface area contributed by atoms with Crippen molar-refractivity contribution >= 4 is 35.0 Å². The van der Waals surface area contributed by atoms with E-state index in [1.165, 1.54) is 12.1 Å². The summed E-state index contributed by atoms with van der Waals surface area (Å²) in [6, 6.07) is 9.07. The van der Waals surface area contributed by atoms with E-state index in [4.69, 9.17) is 32.7 Å². The maximum Gasteiger partial charge on any atom is 0.258 e. The molecule has 34 heavy (non-hydrogen) atoms. The molecule has 3 saturated carbocycles. The molecule has 10 heteroatoms. The first kappa shape index (κ1) is 23.2. The number of carbonyl (C=O) groups excluding carboxylic acids is 2. The zero-order valence-corrected chi connectivity index (χ0v) is 19.6. The van der Waals surface area contributed by atoms with Gasteiger partial charge in [-0.3, -0.25) is 9.59 Å². The van der Waals surface area contributed by atoms with Crippen molar-refractivity contribution in [2.45, 2.75) is 43.4 Å². The number of nitrogens with one attached hydrogen (secondary N) is 2. The average molecular weight is 509 g/mol. The zero-order valence-electron chi connectivity index (χ0n) is 18.1. The van der Waals surface area contributed by atoms with Gasteiger partial charge in [0.05, 0.1) is 23.1 Å². The Hall–Kier alpha value is -2.55. The van der Waals surface area contributed by atoms with Crippen LogP contribution >= 0.6 is 23.2 Å². The molecule has 6 rings (SSSR count). The minimum atomic E-state index is -0.704. The van der Waals surface area contributed by atoms with Gasteiger partial charge in [0.15, 0.2) is 6.61 Å². The monoisotopic (exact) mass is 508 g/mol. The van der Waals surface area contributed by atoms with Crippen molar-refractivity contribution in [2.75, 3.05) is 13.2 Å². The smallest absolute Gasteiger partial charge is 0.258 e. The van der Waals surface area contributed by atoms with Crippen molar-refractivity contribution in [3.8, 4) is 11.5 Å². The van der Waals surface area contributed by atoms with Crippen LogP contribution < -0.4 is 20.1 Å². The lowest BCUT2D eigenvalue weighted by atomic mass is 9.39. The lowest BCUT2D eigenvalue weighted by molar-refractivity contribution is -0.184. The number of hydrogen-bond acceptors (Lipinski definition) is 5. The fraction of sp³-hybridized carbons (Fsp3) is 0.417. The van der Waals surface area contributed by atoms with Crippen LogP contribution in [0.4, 0.5) is 4.39 Å². The van der Waals surface area contributed by atoms with E-state index in [0.717, 1.165) is 6.07 Å². The van der Waals surface area contributed by atoms with Gasteiger partial charge in [0, 0.05) is 28.6 Å². The fourth-order valence-corrected chi connectivity index (χ4v) is 5.52. The third-order valence-electron chi connectivity index (χ3n) is 6.78. The molecule has 3 aliphatic carbocycles. The van der Waals surface area contributed by atoms with Crippen LogP contribution in [0.1, 0.15) is 37.4 Å². The van der Waals surface area contributed by atoms with Gasteiger partial charge in [0.1, 0.15) is 23.4 Å². The van der Waals surface area contributed by atoms with E-state index in [0.29, 0.717) is 42.0 Å². The van der Waals surface area contributed by atoms with Gasteiger partial charge in [-0.05, 0) is 49.6 Å². The minimum absolute atomic E-state index is 0.0183. The first-order valence-electron chi connectivity index (χ1n) is 11.0. The minimum Gasteiger partial charge on any atom is -0.488 e. The summed E-state index contributed by atoms with van der Waals surface area (Å²) in [6.07, 6.45) is 0.985. The number of halogens is 3. The molecule has 7 nitrogen and oxygen atoms in total. The van der Waals surface area contributed by atoms with Crippen molar-refractivity contribution < 1.29 is 28.6 Å². The predicted octanol–water partition coefficient (Wildman–Crippen LogP) is 3.55. The molecule has 0 aromatic heterocycles. The highest BCUT2D eigenvalue weighted by molar-refractivity contribution is 6.31. The highest BCUT2D eigenvalue weighted by Crippen LogP contribution is 2.67. The molecule has 2 bridgehead atoms. The SMILES string of the molecule is O=C(COc1ccc(Cl)c(F)c1)NC12CC(C(=O)NC[C@H]3C[C@@H](O)c4cc(Cl)ccc4O3)(C1)C2. The number of amides is 2. The zero-order chi connectivity index (χ0) is 24.1. The van der Waals surface area contributed by atoms with Crippen LogP contribution in [0.15, 0.2) is 36.4 Å². The Morgan fingerprint density at radius 2 is 1.94 bits per heavy atom. The van der Waals surface area contributed by atoms with E-state index >= 15 is 0 Å². The van der Waals surface area contributed by atoms with Crippen LogP contribution in [0.25, 0.3) is 0 Å². The molecular formula is C24H23Cl2FN2O5. The van der Waals surface area contributed by atoms with E-state index in [1.807, 2.05) is 0 Å². The Bertz CT molecular complexity index is 1140. The van der Waals surface area contributed by atoms with Crippen molar-refractivity contribution in [3.63, 3.8) is 0 Å². The Morgan fingerprint density at radius 1 is 1.18 bits per heavy atom. The summed E-state index contributed by atoms with van der Waals surface area (Å²) in [6.45, 7) is 0.0284. The van der Waals surface area contributed by atoms with Crippen molar-refractivity contribution in [1.82, 2.24) is 10.6 Å². The Kier molecular flexibility index (Phi) is 5.86. The summed E-state index contributed by atoms with van der Waals surface area (Å²) in [5, 5.41) is 16.8. The van der Waals surface area contributed by atoms with Gasteiger partial charge < -0.3 is 25.2 Å². The molecule has 0 saturated heterocycles. The van der Waals surface area contributed by atoms with Gasteiger partial charge in [0.2, 0.25) is 5.91 Å². The highest BCUT2D eigenvalue weighted by Gasteiger charge is 2.72. The molecule has 2 aromatic carbocycles. The lowest BCUT2D eigenvalue weighted by Gasteiger charge is -2.69. The van der Waals surface area contributed by atoms with Crippen molar-refractivity contribution in [1.29, 1.82) is 0 Å². The van der Waals surface area contributed by atoms with E-state index in [-0.39, 0.29) is 41.8 Å². The third-order valence-corrected chi connectivity index (χ3v) is 7.32. The summed E-state index contributed by atoms with van der Waals surface area (Å²) in [5.41, 5.74) is -0.220. The number of ether oxygens (including phenoxy) is 2. The van der Waals surface area contributed by atoms with Gasteiger partial charge >= 0.3 is 0 Å². The first-order valence-corrected chi connectivity index (χ1v) is 11.7. The normalized spacial score (nSPS) is 28.5. The molecule has 2 aromatic rings. The molecule has 0 spiro atoms. The number of aliphatic hydroxyl groups excluding tert-OH is 1. The molecule has 3 N–H and O–H groups in total. The fourth-order valence-electron chi connectivity index (χ4n) is 5.22. The molecule has 3 fully saturated rings. The Balaban J connectivity index is 1.06. The topological polar surface area (TPSA) is 96.9 Å². The molecule has 180 valence electrons. The molecule has 2 atom stereocenters. The molecule has 1 heterocycles. The first-order chi connectivity index (χ1) is 16.2. The van der Waals surface area contributed by atoms with E-state index in [1.54, 1.807) is 18.2 Å². The quantitative estimate of drug-likeness (QED) is 0.531. The lowest BCUT2D eigenvalue weighted by Crippen LogP contribution is -2.78. The molecule has 4 aliphatic rings. The number of hydrogen-bond donors (Lipinski definition) is 3. The van der Waals surface area contributed by atoms with Gasteiger partial charge in [-0.25, -0.2) is 4.39 Å². The third kappa shape index (κ3) is 4.30. The van der Waals surface area contributed by atoms with Gasteiger partial charge in [-0.1, -0.05) is 23.2 Å². The Morgan fingerprint density at radius 3 is 2.68 bits per heavy atom. The van der Waals surface area contributed by atoms with Crippen molar-refractivity contribution in [2.24, 2.45) is 5.41 Å². The molecule has 2 amide bonds. The van der Waals surface area contributed by atoms with Crippen LogP contribution in [-0.4, -0.2) is 41.7 Å². The number of aliphatic hydroxyl groups is 1. The summed E-state index contributed by atoms with van der Waals surface area (Å²) < 4.78 is 24.7. The summed E-state index contributed by atoms with van der Waals surface area (Å²) in [4.78, 5) is 25.0. The second-order valence-corrected chi connectivity index (χ2v) is 10.2. The molecular weight excluding hydrogens is 486 g/mol. The second-order valence-electron chi connectivity index (χ2n) is 9.39. The number of benzene rings is 2. The summed E-state index contributed by atoms with van der Waals surface area (Å²) in [7, 11) is 0. The van der Waals surface area contributed by atoms with Crippen LogP contribution in [0, 0.1) is 11.2 Å². The van der Waals surface area contributed by atoms with E-state index in [9.17, 15) is 19.1 Å². The number of rotatable bonds is 7. The Labute approximate surface area is 205 Å². The van der Waals surface area contributed by atoms with Gasteiger partial charge in [-0.2, -0.15) is 0 Å². The van der Waals surface area contributed by atoms with Crippen molar-refractivity contribution in [3.05, 3.63) is 57.8 Å². The number of fused-ring (bicyclic) bond motifs is 1. The maximum absolute atomic E-state index is 13.5. The second kappa shape index (κ2) is 8.59. The summed E-state index contributed by atoms with van der Waals surface area (Å²) >= 11 is 11.6. The molecule has 0 radical (unpaired) electrons. The standard InChI is InChI=1S/C24H23Cl2FN2O5/c25-13-1-4-20-16(5-13)19(30)7-15(34-20)8-28-22(32)23-10-24(11-23,12-23)29-21(31)9-33-14-2-3-17(26)18(27)6-14/h1-6,15,19,30H,7-12H2,(H,28,32)(H,29,31)/t15-,19-,23?,24?/m1/s1.